The lowest BCUT2D eigenvalue weighted by molar-refractivity contribution is -0.158. The summed E-state index contributed by atoms with van der Waals surface area (Å²) < 4.78 is 15.1. The highest BCUT2D eigenvalue weighted by molar-refractivity contribution is 6.31. The number of amides is 1. The van der Waals surface area contributed by atoms with Gasteiger partial charge in [-0.05, 0) is 87.1 Å². The first-order valence-electron chi connectivity index (χ1n) is 26.2. The van der Waals surface area contributed by atoms with Gasteiger partial charge >= 0.3 is 0 Å². The third-order valence-electron chi connectivity index (χ3n) is 15.9. The smallest absolute Gasteiger partial charge is 0.250 e. The number of carbonyl (C=O) groups is 1. The number of anilines is 3. The molecule has 9 rings (SSSR count). The first kappa shape index (κ1) is 51.2. The summed E-state index contributed by atoms with van der Waals surface area (Å²) in [4.78, 5) is 38.5. The van der Waals surface area contributed by atoms with Gasteiger partial charge in [-0.3, -0.25) is 4.79 Å². The Kier molecular flexibility index (Phi) is 15.8. The Morgan fingerprint density at radius 2 is 1.69 bits per heavy atom. The summed E-state index contributed by atoms with van der Waals surface area (Å²) in [6.07, 6.45) is 13.2. The fourth-order valence-electron chi connectivity index (χ4n) is 12.5. The topological polar surface area (TPSA) is 178 Å². The molecule has 4 aromatic heterocycles. The van der Waals surface area contributed by atoms with Gasteiger partial charge in [0.1, 0.15) is 35.4 Å². The number of halogens is 1. The summed E-state index contributed by atoms with van der Waals surface area (Å²) in [5.74, 6) is 4.26. The summed E-state index contributed by atoms with van der Waals surface area (Å²) in [6.45, 7) is 21.8. The molecule has 3 saturated heterocycles. The minimum absolute atomic E-state index is 0.0263. The Hall–Kier alpha value is -5.73. The van der Waals surface area contributed by atoms with E-state index in [1.165, 1.54) is 0 Å². The highest BCUT2D eigenvalue weighted by Gasteiger charge is 2.66. The van der Waals surface area contributed by atoms with Crippen LogP contribution in [0.4, 0.5) is 17.5 Å². The van der Waals surface area contributed by atoms with E-state index in [-0.39, 0.29) is 35.6 Å². The van der Waals surface area contributed by atoms with Crippen LogP contribution in [0.25, 0.3) is 5.65 Å². The van der Waals surface area contributed by atoms with Crippen molar-refractivity contribution >= 4 is 40.6 Å². The SMILES string of the molecule is CCc1cnn2c(N(Cc3ccc(OCCCN4CCN(CC5CCN(c6ccc(C(N)=O)cn6)CC5)CC4)nc3)C3C(C)(C)C(Oc4ccc(C#N)c(Cl)c4)C3(C)C)cc(N3CCCC[C@@H]3CCO)nc12. The van der Waals surface area contributed by atoms with Crippen molar-refractivity contribution in [3.63, 3.8) is 0 Å². The highest BCUT2D eigenvalue weighted by atomic mass is 35.5. The number of fused-ring (bicyclic) bond motifs is 1. The number of carbonyl (C=O) groups excluding carboxylic acids is 1. The lowest BCUT2D eigenvalue weighted by Gasteiger charge is -2.66. The van der Waals surface area contributed by atoms with Gasteiger partial charge in [-0.15, -0.1) is 0 Å². The van der Waals surface area contributed by atoms with Gasteiger partial charge in [0.15, 0.2) is 5.65 Å². The van der Waals surface area contributed by atoms with Crippen LogP contribution in [0.5, 0.6) is 11.6 Å². The lowest BCUT2D eigenvalue weighted by atomic mass is 9.48. The van der Waals surface area contributed by atoms with Crippen LogP contribution in [0, 0.1) is 28.1 Å². The van der Waals surface area contributed by atoms with Crippen molar-refractivity contribution in [1.29, 1.82) is 5.26 Å². The van der Waals surface area contributed by atoms with E-state index >= 15 is 0 Å². The molecule has 0 radical (unpaired) electrons. The van der Waals surface area contributed by atoms with E-state index in [0.29, 0.717) is 53.3 Å². The average Bonchev–Trinajstić information content (AvgIpc) is 3.81. The van der Waals surface area contributed by atoms with Gasteiger partial charge in [-0.25, -0.2) is 15.0 Å². The number of hydrogen-bond donors (Lipinski definition) is 2. The predicted octanol–water partition coefficient (Wildman–Crippen LogP) is 7.64. The van der Waals surface area contributed by atoms with Gasteiger partial charge in [0.05, 0.1) is 29.0 Å². The first-order chi connectivity index (χ1) is 34.8. The average molecular weight is 1000 g/mol. The molecular formula is C55H73ClN12O4. The third kappa shape index (κ3) is 11.0. The van der Waals surface area contributed by atoms with E-state index < -0.39 is 5.91 Å². The van der Waals surface area contributed by atoms with Crippen LogP contribution in [0.15, 0.2) is 67.1 Å². The monoisotopic (exact) mass is 1000 g/mol. The minimum Gasteiger partial charge on any atom is -0.489 e. The molecule has 0 unspecified atom stereocenters. The van der Waals surface area contributed by atoms with Crippen LogP contribution in [-0.2, 0) is 13.0 Å². The number of aliphatic hydroxyl groups is 1. The van der Waals surface area contributed by atoms with E-state index in [1.807, 2.05) is 35.1 Å². The molecule has 3 N–H and O–H groups in total. The summed E-state index contributed by atoms with van der Waals surface area (Å²) in [5.41, 5.74) is 8.50. The Morgan fingerprint density at radius 3 is 2.36 bits per heavy atom. The molecular weight excluding hydrogens is 928 g/mol. The molecule has 0 bridgehead atoms. The molecule has 0 spiro atoms. The second-order valence-corrected chi connectivity index (χ2v) is 22.0. The van der Waals surface area contributed by atoms with Crippen molar-refractivity contribution in [3.8, 4) is 17.7 Å². The Balaban J connectivity index is 0.847. The summed E-state index contributed by atoms with van der Waals surface area (Å²) in [7, 11) is 0. The van der Waals surface area contributed by atoms with E-state index in [9.17, 15) is 15.2 Å². The zero-order valence-corrected chi connectivity index (χ0v) is 43.6. The van der Waals surface area contributed by atoms with Crippen LogP contribution in [0.2, 0.25) is 5.02 Å². The molecule has 16 nitrogen and oxygen atoms in total. The number of aryl methyl sites for hydroxylation is 1. The van der Waals surface area contributed by atoms with Crippen LogP contribution < -0.4 is 29.9 Å². The van der Waals surface area contributed by atoms with Gasteiger partial charge in [-0.1, -0.05) is 52.3 Å². The van der Waals surface area contributed by atoms with Gasteiger partial charge in [0.25, 0.3) is 0 Å². The van der Waals surface area contributed by atoms with E-state index in [0.717, 1.165) is 138 Å². The highest BCUT2D eigenvalue weighted by Crippen LogP contribution is 2.59. The van der Waals surface area contributed by atoms with E-state index in [1.54, 1.807) is 24.4 Å². The van der Waals surface area contributed by atoms with E-state index in [2.05, 4.69) is 82.3 Å². The van der Waals surface area contributed by atoms with Crippen LogP contribution in [0.1, 0.15) is 107 Å². The van der Waals surface area contributed by atoms with Crippen molar-refractivity contribution in [1.82, 2.24) is 34.4 Å². The number of nitrogens with two attached hydrogens (primary N) is 1. The van der Waals surface area contributed by atoms with E-state index in [4.69, 9.17) is 41.9 Å². The number of benzene rings is 1. The van der Waals surface area contributed by atoms with Gasteiger partial charge in [-0.2, -0.15) is 14.9 Å². The summed E-state index contributed by atoms with van der Waals surface area (Å²) in [6, 6.07) is 17.6. The maximum atomic E-state index is 11.4. The molecule has 7 heterocycles. The molecule has 1 atom stereocenters. The Labute approximate surface area is 430 Å². The number of hydrogen-bond acceptors (Lipinski definition) is 14. The normalized spacial score (nSPS) is 21.6. The van der Waals surface area contributed by atoms with Crippen molar-refractivity contribution in [2.24, 2.45) is 22.5 Å². The van der Waals surface area contributed by atoms with Crippen molar-refractivity contribution < 1.29 is 19.4 Å². The molecule has 3 aliphatic heterocycles. The summed E-state index contributed by atoms with van der Waals surface area (Å²) in [5, 5.41) is 25.0. The van der Waals surface area contributed by atoms with Crippen LogP contribution >= 0.6 is 11.6 Å². The molecule has 384 valence electrons. The number of nitriles is 1. The number of aliphatic hydroxyl groups excluding tert-OH is 1. The number of pyridine rings is 2. The standard InChI is InChI=1S/C55H73ClN12O4/c1-6-40-35-61-68-49(31-47(62-51(40)68)66-21-8-7-10-43(66)19-28-69)67(52-54(2,3)53(55(52,4)5)72-44-14-12-41(32-57)45(56)30-44)37-39-11-16-48(60-33-39)71-29-9-20-63-24-26-64(27-25-63)36-38-17-22-65(23-18-38)46-15-13-42(34-59-46)50(58)70/h11-16,30-31,33-35,38,43,52-53,69H,6-10,17-29,36-37H2,1-5H3,(H2,58,70)/t43-,52?,53?/m1/s1. The number of piperidine rings is 2. The van der Waals surface area contributed by atoms with Crippen molar-refractivity contribution in [3.05, 3.63) is 94.4 Å². The number of nitrogens with zero attached hydrogens (tertiary/aromatic N) is 11. The fraction of sp³-hybridized carbons (Fsp3) is 0.564. The summed E-state index contributed by atoms with van der Waals surface area (Å²) >= 11 is 6.50. The van der Waals surface area contributed by atoms with Crippen molar-refractivity contribution in [2.45, 2.75) is 111 Å². The maximum absolute atomic E-state index is 11.4. The van der Waals surface area contributed by atoms with Gasteiger partial charge in [0.2, 0.25) is 11.8 Å². The second-order valence-electron chi connectivity index (χ2n) is 21.6. The van der Waals surface area contributed by atoms with Crippen LogP contribution in [-0.4, -0.2) is 136 Å². The number of rotatable bonds is 19. The second kappa shape index (κ2) is 22.2. The quantitative estimate of drug-likeness (QED) is 0.0772. The molecule has 5 aromatic rings. The largest absolute Gasteiger partial charge is 0.489 e. The van der Waals surface area contributed by atoms with Gasteiger partial charge in [0, 0.05) is 131 Å². The zero-order chi connectivity index (χ0) is 50.6. The molecule has 4 fully saturated rings. The number of primary amides is 1. The number of aromatic nitrogens is 5. The lowest BCUT2D eigenvalue weighted by Crippen LogP contribution is -2.75. The fourth-order valence-corrected chi connectivity index (χ4v) is 12.7. The first-order valence-corrected chi connectivity index (χ1v) is 26.6. The molecule has 1 aromatic carbocycles. The Morgan fingerprint density at radius 1 is 0.917 bits per heavy atom. The molecule has 72 heavy (non-hydrogen) atoms. The predicted molar refractivity (Wildman–Crippen MR) is 282 cm³/mol. The van der Waals surface area contributed by atoms with Gasteiger partial charge < -0.3 is 44.8 Å². The minimum atomic E-state index is -0.448. The van der Waals surface area contributed by atoms with Crippen molar-refractivity contribution in [2.75, 3.05) is 86.8 Å². The van der Waals surface area contributed by atoms with Crippen LogP contribution in [0.3, 0.4) is 0 Å². The zero-order valence-electron chi connectivity index (χ0n) is 42.8. The maximum Gasteiger partial charge on any atom is 0.250 e. The molecule has 1 amide bonds. The molecule has 17 heteroatoms. The number of piperazine rings is 1. The number of ether oxygens (including phenoxy) is 2. The Bertz CT molecular complexity index is 2660. The molecule has 1 aliphatic carbocycles. The third-order valence-corrected chi connectivity index (χ3v) is 16.2. The molecule has 4 aliphatic rings. The molecule has 1 saturated carbocycles.